The van der Waals surface area contributed by atoms with E-state index in [1.807, 2.05) is 11.6 Å². The van der Waals surface area contributed by atoms with E-state index in [2.05, 4.69) is 44.8 Å². The molecule has 1 aromatic heterocycles. The number of aromatic nitrogens is 1. The van der Waals surface area contributed by atoms with Gasteiger partial charge in [0.25, 0.3) is 0 Å². The minimum Gasteiger partial charge on any atom is -0.379 e. The molecule has 0 atom stereocenters. The van der Waals surface area contributed by atoms with Gasteiger partial charge in [0.05, 0.1) is 6.54 Å². The van der Waals surface area contributed by atoms with Gasteiger partial charge in [-0.05, 0) is 30.9 Å². The first kappa shape index (κ1) is 16.5. The van der Waals surface area contributed by atoms with Crippen LogP contribution in [0, 0.1) is 0 Å². The van der Waals surface area contributed by atoms with E-state index in [-0.39, 0.29) is 11.4 Å². The summed E-state index contributed by atoms with van der Waals surface area (Å²) in [6.07, 6.45) is 5.24. The number of hydrogen-bond acceptors (Lipinski definition) is 5. The Balaban J connectivity index is 1.50. The summed E-state index contributed by atoms with van der Waals surface area (Å²) in [5, 5.41) is 10.0. The zero-order chi connectivity index (χ0) is 17.1. The monoisotopic (exact) mass is 356 g/mol. The van der Waals surface area contributed by atoms with E-state index >= 15 is 0 Å². The normalized spacial score (nSPS) is 20.7. The number of anilines is 1. The molecule has 1 spiro atoms. The third-order valence-corrected chi connectivity index (χ3v) is 6.05. The zero-order valence-electron chi connectivity index (χ0n) is 14.3. The maximum Gasteiger partial charge on any atom is 0.222 e. The van der Waals surface area contributed by atoms with Gasteiger partial charge in [-0.3, -0.25) is 9.69 Å². The summed E-state index contributed by atoms with van der Waals surface area (Å²) in [6.45, 7) is 3.60. The Bertz CT molecular complexity index is 723. The molecule has 3 heterocycles. The molecule has 0 saturated carbocycles. The maximum atomic E-state index is 12.4. The van der Waals surface area contributed by atoms with Crippen LogP contribution in [0.2, 0.25) is 0 Å². The molecule has 5 nitrogen and oxygen atoms in total. The first-order valence-corrected chi connectivity index (χ1v) is 9.84. The van der Waals surface area contributed by atoms with Crippen molar-refractivity contribution in [1.82, 2.24) is 15.2 Å². The summed E-state index contributed by atoms with van der Waals surface area (Å²) in [5.74, 6) is 0.161. The lowest BCUT2D eigenvalue weighted by molar-refractivity contribution is -0.122. The number of fused-ring (bicyclic) bond motifs is 1. The number of benzene rings is 1. The summed E-state index contributed by atoms with van der Waals surface area (Å²) in [6, 6.07) is 8.45. The van der Waals surface area contributed by atoms with Crippen molar-refractivity contribution in [3.63, 3.8) is 0 Å². The number of nitrogens with one attached hydrogen (secondary N) is 2. The lowest BCUT2D eigenvalue weighted by Gasteiger charge is -2.42. The largest absolute Gasteiger partial charge is 0.379 e. The summed E-state index contributed by atoms with van der Waals surface area (Å²) < 4.78 is 0. The molecule has 6 heteroatoms. The van der Waals surface area contributed by atoms with Gasteiger partial charge in [-0.25, -0.2) is 4.98 Å². The van der Waals surface area contributed by atoms with Crippen molar-refractivity contribution in [3.8, 4) is 0 Å². The highest BCUT2D eigenvalue weighted by Crippen LogP contribution is 2.33. The van der Waals surface area contributed by atoms with E-state index in [4.69, 9.17) is 0 Å². The van der Waals surface area contributed by atoms with Crippen molar-refractivity contribution in [1.29, 1.82) is 0 Å². The number of amides is 1. The fraction of sp³-hybridized carbons (Fsp3) is 0.474. The molecular formula is C19H24N4OS. The van der Waals surface area contributed by atoms with Gasteiger partial charge in [0, 0.05) is 48.9 Å². The summed E-state index contributed by atoms with van der Waals surface area (Å²) >= 11 is 1.71. The Hall–Kier alpha value is -1.92. The number of thiazole rings is 1. The van der Waals surface area contributed by atoms with Crippen LogP contribution < -0.4 is 10.6 Å². The van der Waals surface area contributed by atoms with Gasteiger partial charge in [-0.2, -0.15) is 0 Å². The lowest BCUT2D eigenvalue weighted by Crippen LogP contribution is -2.51. The lowest BCUT2D eigenvalue weighted by atomic mass is 9.83. The second kappa shape index (κ2) is 7.14. The number of likely N-dealkylation sites (tertiary alicyclic amines) is 1. The van der Waals surface area contributed by atoms with Crippen molar-refractivity contribution in [2.45, 2.75) is 37.8 Å². The fourth-order valence-electron chi connectivity index (χ4n) is 3.86. The number of piperidine rings is 1. The predicted octanol–water partition coefficient (Wildman–Crippen LogP) is 2.65. The van der Waals surface area contributed by atoms with Crippen LogP contribution in [0.5, 0.6) is 0 Å². The first-order valence-electron chi connectivity index (χ1n) is 8.96. The highest BCUT2D eigenvalue weighted by molar-refractivity contribution is 7.09. The van der Waals surface area contributed by atoms with Crippen LogP contribution in [-0.4, -0.2) is 41.0 Å². The second-order valence-corrected chi connectivity index (χ2v) is 8.02. The van der Waals surface area contributed by atoms with Crippen LogP contribution in [0.3, 0.4) is 0 Å². The molecule has 2 aliphatic rings. The van der Waals surface area contributed by atoms with Crippen LogP contribution >= 0.6 is 11.3 Å². The number of nitrogens with zero attached hydrogens (tertiary/aromatic N) is 2. The van der Waals surface area contributed by atoms with E-state index in [1.165, 1.54) is 16.3 Å². The van der Waals surface area contributed by atoms with Crippen LogP contribution in [0.15, 0.2) is 35.8 Å². The summed E-state index contributed by atoms with van der Waals surface area (Å²) in [7, 11) is 0. The van der Waals surface area contributed by atoms with Crippen molar-refractivity contribution < 1.29 is 4.79 Å². The Morgan fingerprint density at radius 3 is 2.88 bits per heavy atom. The van der Waals surface area contributed by atoms with Gasteiger partial charge >= 0.3 is 0 Å². The molecule has 0 aliphatic carbocycles. The number of para-hydroxylation sites is 1. The van der Waals surface area contributed by atoms with Crippen LogP contribution in [0.4, 0.5) is 5.69 Å². The molecule has 2 aromatic rings. The zero-order valence-corrected chi connectivity index (χ0v) is 15.1. The number of rotatable bonds is 2. The van der Waals surface area contributed by atoms with E-state index < -0.39 is 0 Å². The summed E-state index contributed by atoms with van der Waals surface area (Å²) in [5.41, 5.74) is 2.32. The Morgan fingerprint density at radius 1 is 1.24 bits per heavy atom. The molecule has 132 valence electrons. The van der Waals surface area contributed by atoms with Gasteiger partial charge < -0.3 is 10.6 Å². The minimum atomic E-state index is -0.149. The van der Waals surface area contributed by atoms with Crippen LogP contribution in [0.1, 0.15) is 29.8 Å². The molecule has 1 saturated heterocycles. The van der Waals surface area contributed by atoms with Crippen molar-refractivity contribution in [2.24, 2.45) is 0 Å². The molecule has 1 aromatic carbocycles. The SMILES string of the molecule is O=C1CC2(CCN(Cc3nccs3)CC2)Nc2ccccc2CCN1. The molecule has 0 unspecified atom stereocenters. The molecule has 0 bridgehead atoms. The van der Waals surface area contributed by atoms with Gasteiger partial charge in [-0.1, -0.05) is 18.2 Å². The first-order chi connectivity index (χ1) is 12.2. The van der Waals surface area contributed by atoms with E-state index in [0.29, 0.717) is 13.0 Å². The molecule has 2 N–H and O–H groups in total. The van der Waals surface area contributed by atoms with Gasteiger partial charge in [-0.15, -0.1) is 11.3 Å². The third-order valence-electron chi connectivity index (χ3n) is 5.29. The molecule has 1 amide bonds. The highest BCUT2D eigenvalue weighted by atomic mass is 32.1. The molecule has 1 fully saturated rings. The topological polar surface area (TPSA) is 57.3 Å². The average molecular weight is 356 g/mol. The third kappa shape index (κ3) is 3.85. The number of carbonyl (C=O) groups excluding carboxylic acids is 1. The standard InChI is InChI=1S/C19H24N4OS/c24-17-13-19(22-16-4-2-1-3-15(16)5-8-20-17)6-10-23(11-7-19)14-18-21-9-12-25-18/h1-4,9,12,22H,5-8,10-11,13-14H2,(H,20,24). The van der Waals surface area contributed by atoms with Crippen molar-refractivity contribution >= 4 is 22.9 Å². The Labute approximate surface area is 152 Å². The second-order valence-electron chi connectivity index (χ2n) is 7.04. The summed E-state index contributed by atoms with van der Waals surface area (Å²) in [4.78, 5) is 19.2. The van der Waals surface area contributed by atoms with E-state index in [9.17, 15) is 4.79 Å². The molecule has 0 radical (unpaired) electrons. The van der Waals surface area contributed by atoms with E-state index in [1.54, 1.807) is 11.3 Å². The molecular weight excluding hydrogens is 332 g/mol. The predicted molar refractivity (Wildman–Crippen MR) is 101 cm³/mol. The molecule has 4 rings (SSSR count). The van der Waals surface area contributed by atoms with E-state index in [0.717, 1.165) is 38.9 Å². The van der Waals surface area contributed by atoms with Gasteiger partial charge in [0.1, 0.15) is 5.01 Å². The fourth-order valence-corrected chi connectivity index (χ4v) is 4.52. The van der Waals surface area contributed by atoms with Crippen molar-refractivity contribution in [3.05, 3.63) is 46.4 Å². The van der Waals surface area contributed by atoms with Crippen LogP contribution in [0.25, 0.3) is 0 Å². The number of hydrogen-bond donors (Lipinski definition) is 2. The molecule has 25 heavy (non-hydrogen) atoms. The van der Waals surface area contributed by atoms with Crippen molar-refractivity contribution in [2.75, 3.05) is 25.0 Å². The Kier molecular flexibility index (Phi) is 4.72. The highest BCUT2D eigenvalue weighted by Gasteiger charge is 2.37. The van der Waals surface area contributed by atoms with Crippen LogP contribution in [-0.2, 0) is 17.8 Å². The molecule has 2 aliphatic heterocycles. The smallest absolute Gasteiger partial charge is 0.222 e. The maximum absolute atomic E-state index is 12.4. The quantitative estimate of drug-likeness (QED) is 0.869. The minimum absolute atomic E-state index is 0.149. The Morgan fingerprint density at radius 2 is 2.08 bits per heavy atom. The average Bonchev–Trinajstić information content (AvgIpc) is 3.12. The number of carbonyl (C=O) groups is 1. The van der Waals surface area contributed by atoms with Gasteiger partial charge in [0.15, 0.2) is 0 Å². The van der Waals surface area contributed by atoms with Gasteiger partial charge in [0.2, 0.25) is 5.91 Å².